The summed E-state index contributed by atoms with van der Waals surface area (Å²) in [4.78, 5) is 0. The zero-order valence-electron chi connectivity index (χ0n) is 8.41. The van der Waals surface area contributed by atoms with Gasteiger partial charge in [0.25, 0.3) is 0 Å². The largest absolute Gasteiger partial charge is 0.493 e. The molecular weight excluding hydrogens is 234 g/mol. The Morgan fingerprint density at radius 3 is 2.44 bits per heavy atom. The van der Waals surface area contributed by atoms with Gasteiger partial charge in [0.2, 0.25) is 0 Å². The fourth-order valence-electron chi connectivity index (χ4n) is 1.37. The van der Waals surface area contributed by atoms with Gasteiger partial charge in [0.05, 0.1) is 6.61 Å². The van der Waals surface area contributed by atoms with E-state index >= 15 is 0 Å². The van der Waals surface area contributed by atoms with E-state index in [1.54, 1.807) is 0 Å². The highest BCUT2D eigenvalue weighted by Gasteiger charge is 2.16. The van der Waals surface area contributed by atoms with Crippen molar-refractivity contribution in [1.82, 2.24) is 0 Å². The minimum absolute atomic E-state index is 0.167. The predicted octanol–water partition coefficient (Wildman–Crippen LogP) is 0.816. The van der Waals surface area contributed by atoms with Crippen molar-refractivity contribution in [3.8, 4) is 5.75 Å². The van der Waals surface area contributed by atoms with Crippen LogP contribution in [0.4, 0.5) is 0 Å². The number of fused-ring (bicyclic) bond motifs is 1. The van der Waals surface area contributed by atoms with Crippen LogP contribution in [-0.2, 0) is 10.4 Å². The third-order valence-electron chi connectivity index (χ3n) is 2.00. The van der Waals surface area contributed by atoms with Crippen molar-refractivity contribution < 1.29 is 22.3 Å². The molecule has 0 amide bonds. The first-order valence-corrected chi connectivity index (χ1v) is 5.95. The molecule has 1 aromatic carbocycles. The van der Waals surface area contributed by atoms with Crippen molar-refractivity contribution in [2.45, 2.75) is 12.5 Å². The van der Waals surface area contributed by atoms with Gasteiger partial charge in [-0.2, -0.15) is 8.42 Å². The molecule has 6 nitrogen and oxygen atoms in total. The fraction of sp³-hybridized carbons (Fsp3) is 0.333. The van der Waals surface area contributed by atoms with Crippen molar-refractivity contribution in [3.05, 3.63) is 29.8 Å². The molecule has 0 aliphatic carbocycles. The van der Waals surface area contributed by atoms with Crippen LogP contribution in [0.3, 0.4) is 0 Å². The summed E-state index contributed by atoms with van der Waals surface area (Å²) >= 11 is 0. The van der Waals surface area contributed by atoms with E-state index in [1.807, 2.05) is 24.3 Å². The molecule has 0 spiro atoms. The molecule has 4 N–H and O–H groups in total. The van der Waals surface area contributed by atoms with E-state index < -0.39 is 10.4 Å². The third-order valence-corrected chi connectivity index (χ3v) is 2.00. The van der Waals surface area contributed by atoms with E-state index in [2.05, 4.69) is 0 Å². The second-order valence-corrected chi connectivity index (χ2v) is 4.12. The summed E-state index contributed by atoms with van der Waals surface area (Å²) in [5.74, 6) is 0.950. The van der Waals surface area contributed by atoms with Gasteiger partial charge in [-0.05, 0) is 6.07 Å². The number of nitrogens with two attached hydrogens (primary N) is 1. The first-order valence-electron chi connectivity index (χ1n) is 4.55. The van der Waals surface area contributed by atoms with Gasteiger partial charge in [-0.3, -0.25) is 9.11 Å². The molecule has 90 valence electrons. The number of rotatable bonds is 0. The van der Waals surface area contributed by atoms with Gasteiger partial charge < -0.3 is 10.5 Å². The van der Waals surface area contributed by atoms with Crippen molar-refractivity contribution in [2.75, 3.05) is 6.61 Å². The van der Waals surface area contributed by atoms with Gasteiger partial charge in [0.1, 0.15) is 5.75 Å². The Morgan fingerprint density at radius 2 is 1.88 bits per heavy atom. The lowest BCUT2D eigenvalue weighted by Crippen LogP contribution is -2.20. The van der Waals surface area contributed by atoms with Crippen LogP contribution in [0.2, 0.25) is 0 Å². The van der Waals surface area contributed by atoms with Gasteiger partial charge in [-0.1, -0.05) is 18.2 Å². The van der Waals surface area contributed by atoms with Crippen LogP contribution in [-0.4, -0.2) is 24.1 Å². The molecule has 16 heavy (non-hydrogen) atoms. The summed E-state index contributed by atoms with van der Waals surface area (Å²) in [7, 11) is -4.67. The van der Waals surface area contributed by atoms with Crippen LogP contribution in [0.1, 0.15) is 18.0 Å². The number of para-hydroxylation sites is 1. The third kappa shape index (κ3) is 4.58. The highest BCUT2D eigenvalue weighted by Crippen LogP contribution is 2.29. The molecule has 1 atom stereocenters. The lowest BCUT2D eigenvalue weighted by Gasteiger charge is -2.22. The summed E-state index contributed by atoms with van der Waals surface area (Å²) < 4.78 is 37.0. The molecule has 1 heterocycles. The van der Waals surface area contributed by atoms with Gasteiger partial charge in [-0.15, -0.1) is 0 Å². The van der Waals surface area contributed by atoms with Crippen molar-refractivity contribution in [3.63, 3.8) is 0 Å². The van der Waals surface area contributed by atoms with Crippen LogP contribution < -0.4 is 10.5 Å². The zero-order chi connectivity index (χ0) is 12.2. The molecule has 2 rings (SSSR count). The van der Waals surface area contributed by atoms with Crippen LogP contribution >= 0.6 is 0 Å². The standard InChI is InChI=1S/C9H11NO.H2O4S/c10-8-5-6-11-9-4-2-1-3-7(8)9;1-5(2,3)4/h1-4,8H,5-6,10H2;(H2,1,2,3,4). The average Bonchev–Trinajstić information content (AvgIpc) is 2.16. The molecule has 0 radical (unpaired) electrons. The Morgan fingerprint density at radius 1 is 1.31 bits per heavy atom. The topological polar surface area (TPSA) is 110 Å². The summed E-state index contributed by atoms with van der Waals surface area (Å²) in [5.41, 5.74) is 7.00. The number of benzene rings is 1. The molecule has 0 fully saturated rings. The minimum Gasteiger partial charge on any atom is -0.493 e. The summed E-state index contributed by atoms with van der Waals surface area (Å²) in [6.07, 6.45) is 0.928. The molecule has 0 aromatic heterocycles. The first-order chi connectivity index (χ1) is 7.38. The molecule has 0 saturated heterocycles. The van der Waals surface area contributed by atoms with Crippen LogP contribution in [0.15, 0.2) is 24.3 Å². The van der Waals surface area contributed by atoms with E-state index in [4.69, 9.17) is 28.0 Å². The Kier molecular flexibility index (Phi) is 4.25. The number of hydrogen-bond acceptors (Lipinski definition) is 4. The van der Waals surface area contributed by atoms with Gasteiger partial charge in [0, 0.05) is 18.0 Å². The molecule has 1 aromatic rings. The molecule has 7 heteroatoms. The van der Waals surface area contributed by atoms with Gasteiger partial charge in [-0.25, -0.2) is 0 Å². The maximum absolute atomic E-state index is 8.74. The lowest BCUT2D eigenvalue weighted by atomic mass is 10.0. The average molecular weight is 247 g/mol. The maximum atomic E-state index is 8.74. The van der Waals surface area contributed by atoms with Crippen molar-refractivity contribution in [2.24, 2.45) is 5.73 Å². The summed E-state index contributed by atoms with van der Waals surface area (Å²) in [6, 6.07) is 8.12. The van der Waals surface area contributed by atoms with Gasteiger partial charge >= 0.3 is 10.4 Å². The Labute approximate surface area is 93.6 Å². The first kappa shape index (κ1) is 12.9. The van der Waals surface area contributed by atoms with Crippen molar-refractivity contribution in [1.29, 1.82) is 0 Å². The van der Waals surface area contributed by atoms with E-state index in [1.165, 1.54) is 0 Å². The maximum Gasteiger partial charge on any atom is 0.394 e. The summed E-state index contributed by atoms with van der Waals surface area (Å²) in [5, 5.41) is 0. The number of hydrogen-bond donors (Lipinski definition) is 3. The zero-order valence-corrected chi connectivity index (χ0v) is 9.22. The van der Waals surface area contributed by atoms with Crippen LogP contribution in [0.25, 0.3) is 0 Å². The Balaban J connectivity index is 0.000000221. The predicted molar refractivity (Wildman–Crippen MR) is 57.7 cm³/mol. The van der Waals surface area contributed by atoms with Crippen LogP contribution in [0.5, 0.6) is 5.75 Å². The molecule has 0 bridgehead atoms. The Hall–Kier alpha value is -1.15. The van der Waals surface area contributed by atoms with Crippen LogP contribution in [0, 0.1) is 0 Å². The molecular formula is C9H13NO5S. The van der Waals surface area contributed by atoms with Gasteiger partial charge in [0.15, 0.2) is 0 Å². The van der Waals surface area contributed by atoms with E-state index in [-0.39, 0.29) is 6.04 Å². The smallest absolute Gasteiger partial charge is 0.394 e. The SMILES string of the molecule is NC1CCOc2ccccc21.O=S(=O)(O)O. The molecule has 1 aliphatic rings. The highest BCUT2D eigenvalue weighted by molar-refractivity contribution is 7.79. The fourth-order valence-corrected chi connectivity index (χ4v) is 1.37. The van der Waals surface area contributed by atoms with E-state index in [0.29, 0.717) is 0 Å². The lowest BCUT2D eigenvalue weighted by molar-refractivity contribution is 0.269. The normalized spacial score (nSPS) is 18.8. The van der Waals surface area contributed by atoms with E-state index in [9.17, 15) is 0 Å². The molecule has 1 unspecified atom stereocenters. The highest BCUT2D eigenvalue weighted by atomic mass is 32.3. The molecule has 0 saturated carbocycles. The second-order valence-electron chi connectivity index (χ2n) is 3.23. The minimum atomic E-state index is -4.67. The van der Waals surface area contributed by atoms with Crippen molar-refractivity contribution >= 4 is 10.4 Å². The summed E-state index contributed by atoms with van der Waals surface area (Å²) in [6.45, 7) is 0.748. The number of ether oxygens (including phenoxy) is 1. The molecule has 1 aliphatic heterocycles. The Bertz CT molecular complexity index is 437. The van der Waals surface area contributed by atoms with E-state index in [0.717, 1.165) is 24.3 Å². The quantitative estimate of drug-likeness (QED) is 0.585. The second kappa shape index (κ2) is 5.26. The monoisotopic (exact) mass is 247 g/mol.